The number of hydrogen-bond donors (Lipinski definition) is 1. The molecule has 66 valence electrons. The zero-order valence-corrected chi connectivity index (χ0v) is 7.77. The smallest absolute Gasteiger partial charge is 0.200 e. The highest BCUT2D eigenvalue weighted by Gasteiger charge is 2.25. The molecule has 0 saturated heterocycles. The predicted octanol–water partition coefficient (Wildman–Crippen LogP) is 1.58. The van der Waals surface area contributed by atoms with Gasteiger partial charge in [0.1, 0.15) is 5.76 Å². The molecule has 1 aromatic heterocycles. The zero-order chi connectivity index (χ0) is 8.77. The Balaban J connectivity index is 2.38. The minimum atomic E-state index is 0.0321. The number of hydrogen-bond acceptors (Lipinski definition) is 3. The third kappa shape index (κ3) is 1.14. The van der Waals surface area contributed by atoms with Crippen LogP contribution >= 0.6 is 0 Å². The van der Waals surface area contributed by atoms with Crippen molar-refractivity contribution in [2.45, 2.75) is 39.3 Å². The monoisotopic (exact) mass is 166 g/mol. The molecule has 2 rings (SSSR count). The van der Waals surface area contributed by atoms with E-state index in [0.29, 0.717) is 0 Å². The zero-order valence-electron chi connectivity index (χ0n) is 7.77. The molecule has 1 aromatic rings. The number of nitrogens with zero attached hydrogens (tertiary/aromatic N) is 1. The molecule has 0 aromatic carbocycles. The standard InChI is InChI=1S/C9H14N2O/c1-9(2,3)8-11-6-4-10-5-7(6)12-8/h10H,4-5H2,1-3H3. The van der Waals surface area contributed by atoms with Crippen LogP contribution in [0.2, 0.25) is 0 Å². The van der Waals surface area contributed by atoms with Gasteiger partial charge in [0.25, 0.3) is 0 Å². The third-order valence-electron chi connectivity index (χ3n) is 2.00. The second-order valence-corrected chi connectivity index (χ2v) is 4.24. The fraction of sp³-hybridized carbons (Fsp3) is 0.667. The molecule has 1 N–H and O–H groups in total. The van der Waals surface area contributed by atoms with Crippen molar-refractivity contribution >= 4 is 0 Å². The third-order valence-corrected chi connectivity index (χ3v) is 2.00. The molecule has 0 aliphatic carbocycles. The van der Waals surface area contributed by atoms with Gasteiger partial charge in [-0.1, -0.05) is 20.8 Å². The Kier molecular flexibility index (Phi) is 1.51. The summed E-state index contributed by atoms with van der Waals surface area (Å²) >= 11 is 0. The largest absolute Gasteiger partial charge is 0.443 e. The van der Waals surface area contributed by atoms with Crippen molar-refractivity contribution < 1.29 is 4.42 Å². The Morgan fingerprint density at radius 1 is 1.33 bits per heavy atom. The maximum Gasteiger partial charge on any atom is 0.200 e. The summed E-state index contributed by atoms with van der Waals surface area (Å²) in [6.07, 6.45) is 0. The van der Waals surface area contributed by atoms with E-state index in [4.69, 9.17) is 4.42 Å². The molecule has 0 atom stereocenters. The fourth-order valence-corrected chi connectivity index (χ4v) is 1.27. The van der Waals surface area contributed by atoms with Crippen molar-refractivity contribution in [3.8, 4) is 0 Å². The first-order valence-corrected chi connectivity index (χ1v) is 4.27. The fourth-order valence-electron chi connectivity index (χ4n) is 1.27. The lowest BCUT2D eigenvalue weighted by Gasteiger charge is -2.12. The van der Waals surface area contributed by atoms with Gasteiger partial charge in [0, 0.05) is 12.0 Å². The first-order chi connectivity index (χ1) is 5.57. The van der Waals surface area contributed by atoms with Gasteiger partial charge in [-0.3, -0.25) is 0 Å². The van der Waals surface area contributed by atoms with Crippen LogP contribution in [0.15, 0.2) is 4.42 Å². The molecule has 0 bridgehead atoms. The van der Waals surface area contributed by atoms with E-state index in [1.807, 2.05) is 0 Å². The summed E-state index contributed by atoms with van der Waals surface area (Å²) in [5.41, 5.74) is 1.12. The summed E-state index contributed by atoms with van der Waals surface area (Å²) in [7, 11) is 0. The molecule has 1 aliphatic rings. The maximum absolute atomic E-state index is 5.62. The van der Waals surface area contributed by atoms with E-state index in [1.165, 1.54) is 0 Å². The van der Waals surface area contributed by atoms with Crippen LogP contribution in [0.25, 0.3) is 0 Å². The number of fused-ring (bicyclic) bond motifs is 1. The summed E-state index contributed by atoms with van der Waals surface area (Å²) in [5.74, 6) is 1.87. The highest BCUT2D eigenvalue weighted by atomic mass is 16.4. The molecule has 0 unspecified atom stereocenters. The Labute approximate surface area is 72.2 Å². The summed E-state index contributed by atoms with van der Waals surface area (Å²) in [6.45, 7) is 8.03. The lowest BCUT2D eigenvalue weighted by Crippen LogP contribution is -2.12. The summed E-state index contributed by atoms with van der Waals surface area (Å²) in [4.78, 5) is 4.43. The van der Waals surface area contributed by atoms with Gasteiger partial charge in [0.15, 0.2) is 5.89 Å². The van der Waals surface area contributed by atoms with Gasteiger partial charge in [-0.15, -0.1) is 0 Å². The van der Waals surface area contributed by atoms with Gasteiger partial charge in [-0.2, -0.15) is 0 Å². The van der Waals surface area contributed by atoms with Crippen molar-refractivity contribution in [2.75, 3.05) is 0 Å². The first-order valence-electron chi connectivity index (χ1n) is 4.27. The lowest BCUT2D eigenvalue weighted by molar-refractivity contribution is 0.369. The molecular formula is C9H14N2O. The molecule has 0 fully saturated rings. The van der Waals surface area contributed by atoms with E-state index in [2.05, 4.69) is 31.1 Å². The second kappa shape index (κ2) is 2.33. The molecule has 0 spiro atoms. The minimum Gasteiger partial charge on any atom is -0.443 e. The minimum absolute atomic E-state index is 0.0321. The van der Waals surface area contributed by atoms with E-state index in [0.717, 1.165) is 30.4 Å². The maximum atomic E-state index is 5.62. The van der Waals surface area contributed by atoms with E-state index in [1.54, 1.807) is 0 Å². The number of aromatic nitrogens is 1. The van der Waals surface area contributed by atoms with Crippen LogP contribution < -0.4 is 5.32 Å². The topological polar surface area (TPSA) is 38.1 Å². The van der Waals surface area contributed by atoms with Gasteiger partial charge >= 0.3 is 0 Å². The van der Waals surface area contributed by atoms with Crippen LogP contribution in [0.5, 0.6) is 0 Å². The van der Waals surface area contributed by atoms with Gasteiger partial charge in [0.05, 0.1) is 12.2 Å². The molecule has 0 amide bonds. The Bertz CT molecular complexity index is 274. The van der Waals surface area contributed by atoms with Crippen LogP contribution in [0, 0.1) is 0 Å². The van der Waals surface area contributed by atoms with E-state index >= 15 is 0 Å². The molecule has 3 nitrogen and oxygen atoms in total. The SMILES string of the molecule is CC(C)(C)c1nc2c(o1)CNC2. The molecule has 0 saturated carbocycles. The average Bonchev–Trinajstić information content (AvgIpc) is 2.37. The summed E-state index contributed by atoms with van der Waals surface area (Å²) in [6, 6.07) is 0. The second-order valence-electron chi connectivity index (χ2n) is 4.24. The first kappa shape index (κ1) is 7.80. The highest BCUT2D eigenvalue weighted by molar-refractivity contribution is 5.16. The summed E-state index contributed by atoms with van der Waals surface area (Å²) < 4.78 is 5.62. The van der Waals surface area contributed by atoms with Gasteiger partial charge < -0.3 is 9.73 Å². The summed E-state index contributed by atoms with van der Waals surface area (Å²) in [5, 5.41) is 3.19. The van der Waals surface area contributed by atoms with E-state index < -0.39 is 0 Å². The normalized spacial score (nSPS) is 16.6. The Morgan fingerprint density at radius 2 is 2.08 bits per heavy atom. The van der Waals surface area contributed by atoms with E-state index in [-0.39, 0.29) is 5.41 Å². The van der Waals surface area contributed by atoms with Crippen molar-refractivity contribution in [1.82, 2.24) is 10.3 Å². The molecule has 2 heterocycles. The number of rotatable bonds is 0. The molecule has 3 heteroatoms. The van der Waals surface area contributed by atoms with Gasteiger partial charge in [-0.25, -0.2) is 4.98 Å². The van der Waals surface area contributed by atoms with Crippen LogP contribution in [0.1, 0.15) is 38.1 Å². The van der Waals surface area contributed by atoms with E-state index in [9.17, 15) is 0 Å². The molecule has 12 heavy (non-hydrogen) atoms. The molecule has 1 aliphatic heterocycles. The van der Waals surface area contributed by atoms with Crippen molar-refractivity contribution in [1.29, 1.82) is 0 Å². The van der Waals surface area contributed by atoms with Crippen LogP contribution in [-0.2, 0) is 18.5 Å². The average molecular weight is 166 g/mol. The van der Waals surface area contributed by atoms with Crippen LogP contribution in [0.3, 0.4) is 0 Å². The number of oxazole rings is 1. The molecular weight excluding hydrogens is 152 g/mol. The van der Waals surface area contributed by atoms with Gasteiger partial charge in [-0.05, 0) is 0 Å². The van der Waals surface area contributed by atoms with Crippen molar-refractivity contribution in [3.05, 3.63) is 17.3 Å². The van der Waals surface area contributed by atoms with Gasteiger partial charge in [0.2, 0.25) is 0 Å². The van der Waals surface area contributed by atoms with Crippen molar-refractivity contribution in [2.24, 2.45) is 0 Å². The number of nitrogens with one attached hydrogen (secondary N) is 1. The lowest BCUT2D eigenvalue weighted by atomic mass is 9.97. The Morgan fingerprint density at radius 3 is 2.67 bits per heavy atom. The highest BCUT2D eigenvalue weighted by Crippen LogP contribution is 2.25. The van der Waals surface area contributed by atoms with Crippen LogP contribution in [-0.4, -0.2) is 4.98 Å². The Hall–Kier alpha value is -0.830. The predicted molar refractivity (Wildman–Crippen MR) is 45.7 cm³/mol. The quantitative estimate of drug-likeness (QED) is 0.635. The van der Waals surface area contributed by atoms with Crippen molar-refractivity contribution in [3.63, 3.8) is 0 Å². The molecule has 0 radical (unpaired) electrons. The van der Waals surface area contributed by atoms with Crippen LogP contribution in [0.4, 0.5) is 0 Å².